The molecule has 0 aliphatic heterocycles. The van der Waals surface area contributed by atoms with Crippen molar-refractivity contribution in [1.29, 1.82) is 5.26 Å². The van der Waals surface area contributed by atoms with Gasteiger partial charge in [-0.2, -0.15) is 5.26 Å². The van der Waals surface area contributed by atoms with Gasteiger partial charge in [0.05, 0.1) is 10.3 Å². The molecule has 1 nitrogen and oxygen atoms in total. The van der Waals surface area contributed by atoms with Gasteiger partial charge in [-0.3, -0.25) is 0 Å². The number of thiophene rings is 1. The molecule has 0 saturated heterocycles. The van der Waals surface area contributed by atoms with E-state index in [4.69, 9.17) is 5.26 Å². The van der Waals surface area contributed by atoms with Gasteiger partial charge in [0.2, 0.25) is 0 Å². The fourth-order valence-electron chi connectivity index (χ4n) is 1.58. The summed E-state index contributed by atoms with van der Waals surface area (Å²) in [6, 6.07) is 5.30. The largest absolute Gasteiger partial charge is 0.205 e. The number of fused-ring (bicyclic) bond motifs is 1. The van der Waals surface area contributed by atoms with E-state index >= 15 is 0 Å². The third-order valence-electron chi connectivity index (χ3n) is 2.29. The molecule has 2 rings (SSSR count). The van der Waals surface area contributed by atoms with Crippen LogP contribution >= 0.6 is 11.3 Å². The van der Waals surface area contributed by atoms with Crippen LogP contribution in [0.1, 0.15) is 16.0 Å². The third-order valence-corrected chi connectivity index (χ3v) is 3.40. The number of hydrogen-bond acceptors (Lipinski definition) is 2. The van der Waals surface area contributed by atoms with Crippen molar-refractivity contribution < 1.29 is 4.39 Å². The maximum atomic E-state index is 13.4. The predicted molar refractivity (Wildman–Crippen MR) is 56.0 cm³/mol. The number of nitriles is 1. The molecule has 0 aliphatic carbocycles. The minimum Gasteiger partial charge on any atom is -0.205 e. The highest BCUT2D eigenvalue weighted by atomic mass is 32.1. The summed E-state index contributed by atoms with van der Waals surface area (Å²) in [6.07, 6.45) is 0. The van der Waals surface area contributed by atoms with Gasteiger partial charge in [0.25, 0.3) is 0 Å². The molecule has 0 spiro atoms. The topological polar surface area (TPSA) is 23.8 Å². The smallest absolute Gasteiger partial charge is 0.141 e. The Morgan fingerprint density at radius 1 is 1.36 bits per heavy atom. The van der Waals surface area contributed by atoms with E-state index in [1.54, 1.807) is 6.07 Å². The Labute approximate surface area is 85.4 Å². The Bertz CT molecular complexity index is 548. The molecule has 3 heteroatoms. The molecule has 0 unspecified atom stereocenters. The Hall–Kier alpha value is -1.40. The van der Waals surface area contributed by atoms with Crippen molar-refractivity contribution in [3.8, 4) is 6.07 Å². The molecule has 1 aromatic carbocycles. The molecule has 70 valence electrons. The summed E-state index contributed by atoms with van der Waals surface area (Å²) in [7, 11) is 0. The number of aryl methyl sites for hydroxylation is 2. The van der Waals surface area contributed by atoms with Crippen molar-refractivity contribution in [3.63, 3.8) is 0 Å². The molecular weight excluding hydrogens is 197 g/mol. The highest BCUT2D eigenvalue weighted by Crippen LogP contribution is 2.34. The molecule has 0 amide bonds. The van der Waals surface area contributed by atoms with E-state index in [2.05, 4.69) is 6.07 Å². The molecular formula is C11H8FNS. The zero-order valence-corrected chi connectivity index (χ0v) is 8.70. The summed E-state index contributed by atoms with van der Waals surface area (Å²) in [5.41, 5.74) is 1.57. The fourth-order valence-corrected chi connectivity index (χ4v) is 2.67. The molecule has 1 aromatic heterocycles. The summed E-state index contributed by atoms with van der Waals surface area (Å²) in [5.74, 6) is -0.236. The number of rotatable bonds is 0. The van der Waals surface area contributed by atoms with Crippen molar-refractivity contribution in [2.45, 2.75) is 13.8 Å². The summed E-state index contributed by atoms with van der Waals surface area (Å²) >= 11 is 1.35. The van der Waals surface area contributed by atoms with Gasteiger partial charge in [-0.25, -0.2) is 4.39 Å². The van der Waals surface area contributed by atoms with Crippen LogP contribution in [0.25, 0.3) is 10.1 Å². The normalized spacial score (nSPS) is 10.4. The fraction of sp³-hybridized carbons (Fsp3) is 0.182. The highest BCUT2D eigenvalue weighted by Gasteiger charge is 2.13. The second kappa shape index (κ2) is 3.07. The van der Waals surface area contributed by atoms with E-state index in [9.17, 15) is 4.39 Å². The lowest BCUT2D eigenvalue weighted by atomic mass is 10.1. The van der Waals surface area contributed by atoms with Crippen molar-refractivity contribution in [1.82, 2.24) is 0 Å². The van der Waals surface area contributed by atoms with Gasteiger partial charge < -0.3 is 0 Å². The van der Waals surface area contributed by atoms with Crippen LogP contribution in [0.5, 0.6) is 0 Å². The minimum absolute atomic E-state index is 0.236. The first-order chi connectivity index (χ1) is 6.65. The van der Waals surface area contributed by atoms with Gasteiger partial charge in [0, 0.05) is 10.3 Å². The number of hydrogen-bond donors (Lipinski definition) is 0. The maximum Gasteiger partial charge on any atom is 0.141 e. The first-order valence-corrected chi connectivity index (χ1v) is 5.05. The summed E-state index contributed by atoms with van der Waals surface area (Å²) in [4.78, 5) is 0.885. The first-order valence-electron chi connectivity index (χ1n) is 4.23. The Morgan fingerprint density at radius 3 is 2.71 bits per heavy atom. The molecule has 14 heavy (non-hydrogen) atoms. The van der Waals surface area contributed by atoms with E-state index in [0.717, 1.165) is 15.8 Å². The minimum atomic E-state index is -0.236. The Balaban J connectivity index is 3.03. The monoisotopic (exact) mass is 205 g/mol. The zero-order valence-electron chi connectivity index (χ0n) is 7.89. The molecule has 0 atom stereocenters. The second-order valence-corrected chi connectivity index (χ2v) is 4.44. The van der Waals surface area contributed by atoms with Crippen LogP contribution in [0.3, 0.4) is 0 Å². The van der Waals surface area contributed by atoms with Crippen molar-refractivity contribution in [3.05, 3.63) is 34.0 Å². The van der Waals surface area contributed by atoms with Crippen LogP contribution in [0, 0.1) is 31.0 Å². The van der Waals surface area contributed by atoms with Crippen LogP contribution in [-0.2, 0) is 0 Å². The van der Waals surface area contributed by atoms with Crippen molar-refractivity contribution >= 4 is 21.4 Å². The lowest BCUT2D eigenvalue weighted by Gasteiger charge is -1.96. The lowest BCUT2D eigenvalue weighted by Crippen LogP contribution is -1.81. The first kappa shape index (κ1) is 9.17. The quantitative estimate of drug-likeness (QED) is 0.645. The van der Waals surface area contributed by atoms with Crippen LogP contribution in [0.4, 0.5) is 4.39 Å². The molecule has 0 bridgehead atoms. The Morgan fingerprint density at radius 2 is 2.07 bits per heavy atom. The SMILES string of the molecule is Cc1sc2c(F)ccc(C)c2c1C#N. The highest BCUT2D eigenvalue weighted by molar-refractivity contribution is 7.19. The van der Waals surface area contributed by atoms with Gasteiger partial charge in [-0.15, -0.1) is 11.3 Å². The summed E-state index contributed by atoms with van der Waals surface area (Å²) in [5, 5.41) is 9.73. The molecule has 0 N–H and O–H groups in total. The van der Waals surface area contributed by atoms with Crippen LogP contribution in [0.2, 0.25) is 0 Å². The molecule has 0 fully saturated rings. The van der Waals surface area contributed by atoms with Crippen LogP contribution in [-0.4, -0.2) is 0 Å². The van der Waals surface area contributed by atoms with Gasteiger partial charge in [-0.1, -0.05) is 6.07 Å². The van der Waals surface area contributed by atoms with Crippen LogP contribution < -0.4 is 0 Å². The van der Waals surface area contributed by atoms with E-state index < -0.39 is 0 Å². The molecule has 0 radical (unpaired) electrons. The standard InChI is InChI=1S/C11H8FNS/c1-6-3-4-9(12)11-10(6)8(5-13)7(2)14-11/h3-4H,1-2H3. The Kier molecular flexibility index (Phi) is 2.01. The van der Waals surface area contributed by atoms with Crippen LogP contribution in [0.15, 0.2) is 12.1 Å². The second-order valence-electron chi connectivity index (χ2n) is 3.21. The molecule has 0 saturated carbocycles. The lowest BCUT2D eigenvalue weighted by molar-refractivity contribution is 0.641. The number of nitrogens with zero attached hydrogens (tertiary/aromatic N) is 1. The average Bonchev–Trinajstić information content (AvgIpc) is 2.50. The molecule has 2 aromatic rings. The van der Waals surface area contributed by atoms with E-state index in [1.807, 2.05) is 13.8 Å². The van der Waals surface area contributed by atoms with Gasteiger partial charge in [0.1, 0.15) is 11.9 Å². The predicted octanol–water partition coefficient (Wildman–Crippen LogP) is 3.53. The van der Waals surface area contributed by atoms with Crippen molar-refractivity contribution in [2.24, 2.45) is 0 Å². The number of benzene rings is 1. The molecule has 0 aliphatic rings. The summed E-state index contributed by atoms with van der Waals surface area (Å²) in [6.45, 7) is 3.75. The van der Waals surface area contributed by atoms with E-state index in [1.165, 1.54) is 17.4 Å². The van der Waals surface area contributed by atoms with E-state index in [-0.39, 0.29) is 5.82 Å². The summed E-state index contributed by atoms with van der Waals surface area (Å²) < 4.78 is 14.0. The van der Waals surface area contributed by atoms with Gasteiger partial charge in [0.15, 0.2) is 0 Å². The molecule has 1 heterocycles. The zero-order chi connectivity index (χ0) is 10.3. The van der Waals surface area contributed by atoms with E-state index in [0.29, 0.717) is 10.3 Å². The number of halogens is 1. The van der Waals surface area contributed by atoms with Crippen molar-refractivity contribution in [2.75, 3.05) is 0 Å². The average molecular weight is 205 g/mol. The third kappa shape index (κ3) is 1.11. The maximum absolute atomic E-state index is 13.4. The van der Waals surface area contributed by atoms with Gasteiger partial charge >= 0.3 is 0 Å². The van der Waals surface area contributed by atoms with Gasteiger partial charge in [-0.05, 0) is 25.5 Å².